The molecule has 0 spiro atoms. The van der Waals surface area contributed by atoms with Crippen LogP contribution in [0.2, 0.25) is 0 Å². The number of carbonyl (C=O) groups excluding carboxylic acids is 1. The van der Waals surface area contributed by atoms with E-state index in [0.29, 0.717) is 0 Å². The topological polar surface area (TPSA) is 38.3 Å². The maximum Gasteiger partial charge on any atom is 0.304 e. The van der Waals surface area contributed by atoms with E-state index in [2.05, 4.69) is 18.3 Å². The summed E-state index contributed by atoms with van der Waals surface area (Å²) in [6.07, 6.45) is 3.09. The highest BCUT2D eigenvalue weighted by Crippen LogP contribution is 2.18. The predicted molar refractivity (Wildman–Crippen MR) is 69.9 cm³/mol. The fourth-order valence-electron chi connectivity index (χ4n) is 1.74. The molecule has 1 unspecified atom stereocenters. The van der Waals surface area contributed by atoms with Crippen LogP contribution in [0, 0.1) is 0 Å². The minimum absolute atomic E-state index is 0.268. The Morgan fingerprint density at radius 1 is 1.41 bits per heavy atom. The molecule has 0 saturated heterocycles. The zero-order valence-corrected chi connectivity index (χ0v) is 10.8. The van der Waals surface area contributed by atoms with Crippen molar-refractivity contribution in [1.82, 2.24) is 0 Å². The maximum atomic E-state index is 10.8. The van der Waals surface area contributed by atoms with E-state index in [4.69, 9.17) is 4.74 Å². The van der Waals surface area contributed by atoms with Gasteiger partial charge in [0.1, 0.15) is 0 Å². The Morgan fingerprint density at radius 3 is 2.76 bits per heavy atom. The average molecular weight is 235 g/mol. The lowest BCUT2D eigenvalue weighted by Crippen LogP contribution is -2.22. The normalized spacial score (nSPS) is 11.9. The van der Waals surface area contributed by atoms with Crippen molar-refractivity contribution in [2.45, 2.75) is 46.3 Å². The molecule has 3 nitrogen and oxygen atoms in total. The molecular formula is C14H21NO2. The molecule has 0 radical (unpaired) electrons. The molecular weight excluding hydrogens is 214 g/mol. The highest BCUT2D eigenvalue weighted by Gasteiger charge is 2.07. The van der Waals surface area contributed by atoms with E-state index in [-0.39, 0.29) is 12.2 Å². The van der Waals surface area contributed by atoms with Crippen LogP contribution < -0.4 is 5.32 Å². The summed E-state index contributed by atoms with van der Waals surface area (Å²) in [5.41, 5.74) is 2.32. The van der Waals surface area contributed by atoms with Crippen LogP contribution >= 0.6 is 0 Å². The van der Waals surface area contributed by atoms with Gasteiger partial charge in [0.05, 0.1) is 0 Å². The molecule has 0 heterocycles. The van der Waals surface area contributed by atoms with Crippen LogP contribution in [0.4, 0.5) is 5.69 Å². The number of rotatable bonds is 6. The lowest BCUT2D eigenvalue weighted by molar-refractivity contribution is -0.144. The molecule has 17 heavy (non-hydrogen) atoms. The molecule has 1 rings (SSSR count). The second kappa shape index (κ2) is 6.94. The largest absolute Gasteiger partial charge is 0.442 e. The van der Waals surface area contributed by atoms with Gasteiger partial charge in [0.2, 0.25) is 0 Å². The third-order valence-electron chi connectivity index (χ3n) is 2.52. The lowest BCUT2D eigenvalue weighted by atomic mass is 10.1. The van der Waals surface area contributed by atoms with E-state index < -0.39 is 0 Å². The molecule has 0 aliphatic carbocycles. The van der Waals surface area contributed by atoms with E-state index in [0.717, 1.165) is 12.1 Å². The van der Waals surface area contributed by atoms with Gasteiger partial charge in [-0.3, -0.25) is 4.79 Å². The SMILES string of the molecule is CCCCc1ccccc1NC(C)OC(C)=O. The van der Waals surface area contributed by atoms with Crippen molar-refractivity contribution in [2.24, 2.45) is 0 Å². The van der Waals surface area contributed by atoms with Crippen molar-refractivity contribution in [3.8, 4) is 0 Å². The van der Waals surface area contributed by atoms with Crippen LogP contribution in [0.5, 0.6) is 0 Å². The summed E-state index contributed by atoms with van der Waals surface area (Å²) in [4.78, 5) is 10.8. The molecule has 1 aromatic rings. The molecule has 1 atom stereocenters. The first kappa shape index (κ1) is 13.6. The maximum absolute atomic E-state index is 10.8. The number of carbonyl (C=O) groups is 1. The predicted octanol–water partition coefficient (Wildman–Crippen LogP) is 3.35. The zero-order chi connectivity index (χ0) is 12.7. The van der Waals surface area contributed by atoms with Crippen molar-refractivity contribution in [3.05, 3.63) is 29.8 Å². The van der Waals surface area contributed by atoms with Gasteiger partial charge >= 0.3 is 5.97 Å². The molecule has 3 heteroatoms. The third kappa shape index (κ3) is 4.89. The number of hydrogen-bond donors (Lipinski definition) is 1. The molecule has 0 amide bonds. The molecule has 0 aliphatic heterocycles. The second-order valence-electron chi connectivity index (χ2n) is 4.16. The number of nitrogens with one attached hydrogen (secondary N) is 1. The first-order valence-electron chi connectivity index (χ1n) is 6.15. The summed E-state index contributed by atoms with van der Waals surface area (Å²) in [6, 6.07) is 8.15. The van der Waals surface area contributed by atoms with E-state index in [1.54, 1.807) is 0 Å². The van der Waals surface area contributed by atoms with Crippen LogP contribution in [0.3, 0.4) is 0 Å². The summed E-state index contributed by atoms with van der Waals surface area (Å²) in [6.45, 7) is 5.43. The summed E-state index contributed by atoms with van der Waals surface area (Å²) in [5.74, 6) is -0.268. The Kier molecular flexibility index (Phi) is 5.53. The van der Waals surface area contributed by atoms with Crippen molar-refractivity contribution in [1.29, 1.82) is 0 Å². The molecule has 0 aliphatic rings. The Morgan fingerprint density at radius 2 is 2.12 bits per heavy atom. The van der Waals surface area contributed by atoms with Crippen LogP contribution in [0.15, 0.2) is 24.3 Å². The van der Waals surface area contributed by atoms with Gasteiger partial charge in [-0.1, -0.05) is 31.5 Å². The van der Waals surface area contributed by atoms with Gasteiger partial charge in [0.25, 0.3) is 0 Å². The fourth-order valence-corrected chi connectivity index (χ4v) is 1.74. The van der Waals surface area contributed by atoms with Gasteiger partial charge in [-0.2, -0.15) is 0 Å². The Bertz CT molecular complexity index is 363. The smallest absolute Gasteiger partial charge is 0.304 e. The van der Waals surface area contributed by atoms with Crippen molar-refractivity contribution >= 4 is 11.7 Å². The number of unbranched alkanes of at least 4 members (excludes halogenated alkanes) is 1. The fraction of sp³-hybridized carbons (Fsp3) is 0.500. The summed E-state index contributed by atoms with van der Waals surface area (Å²) >= 11 is 0. The number of anilines is 1. The van der Waals surface area contributed by atoms with Gasteiger partial charge in [0.15, 0.2) is 6.23 Å². The van der Waals surface area contributed by atoms with Crippen LogP contribution in [-0.4, -0.2) is 12.2 Å². The number of aryl methyl sites for hydroxylation is 1. The summed E-state index contributed by atoms with van der Waals surface area (Å²) in [5, 5.41) is 3.21. The van der Waals surface area contributed by atoms with E-state index in [1.165, 1.54) is 25.3 Å². The van der Waals surface area contributed by atoms with Gasteiger partial charge < -0.3 is 10.1 Å². The number of hydrogen-bond acceptors (Lipinski definition) is 3. The van der Waals surface area contributed by atoms with E-state index >= 15 is 0 Å². The van der Waals surface area contributed by atoms with Gasteiger partial charge in [0, 0.05) is 12.6 Å². The highest BCUT2D eigenvalue weighted by atomic mass is 16.6. The van der Waals surface area contributed by atoms with Crippen molar-refractivity contribution in [3.63, 3.8) is 0 Å². The summed E-state index contributed by atoms with van der Waals surface area (Å²) < 4.78 is 5.06. The molecule has 0 aromatic heterocycles. The average Bonchev–Trinajstić information content (AvgIpc) is 2.26. The zero-order valence-electron chi connectivity index (χ0n) is 10.8. The minimum atomic E-state index is -0.296. The number of para-hydroxylation sites is 1. The Labute approximate surface area is 103 Å². The van der Waals surface area contributed by atoms with E-state index in [1.807, 2.05) is 25.1 Å². The van der Waals surface area contributed by atoms with E-state index in [9.17, 15) is 4.79 Å². The number of esters is 1. The van der Waals surface area contributed by atoms with Crippen molar-refractivity contribution < 1.29 is 9.53 Å². The molecule has 0 saturated carbocycles. The quantitative estimate of drug-likeness (QED) is 0.607. The van der Waals surface area contributed by atoms with Crippen LogP contribution in [-0.2, 0) is 16.0 Å². The lowest BCUT2D eigenvalue weighted by Gasteiger charge is -2.17. The number of benzene rings is 1. The number of ether oxygens (including phenoxy) is 1. The van der Waals surface area contributed by atoms with Crippen LogP contribution in [0.25, 0.3) is 0 Å². The van der Waals surface area contributed by atoms with Crippen LogP contribution in [0.1, 0.15) is 39.2 Å². The van der Waals surface area contributed by atoms with Gasteiger partial charge in [-0.05, 0) is 31.4 Å². The van der Waals surface area contributed by atoms with Gasteiger partial charge in [-0.15, -0.1) is 0 Å². The molecule has 1 N–H and O–H groups in total. The molecule has 1 aromatic carbocycles. The highest BCUT2D eigenvalue weighted by molar-refractivity contribution is 5.66. The standard InChI is InChI=1S/C14H21NO2/c1-4-5-8-13-9-6-7-10-14(13)15-11(2)17-12(3)16/h6-7,9-11,15H,4-5,8H2,1-3H3. The van der Waals surface area contributed by atoms with Crippen molar-refractivity contribution in [2.75, 3.05) is 5.32 Å². The summed E-state index contributed by atoms with van der Waals surface area (Å²) in [7, 11) is 0. The monoisotopic (exact) mass is 235 g/mol. The van der Waals surface area contributed by atoms with Gasteiger partial charge in [-0.25, -0.2) is 0 Å². The first-order valence-corrected chi connectivity index (χ1v) is 6.15. The molecule has 0 fully saturated rings. The minimum Gasteiger partial charge on any atom is -0.442 e. The Hall–Kier alpha value is -1.51. The third-order valence-corrected chi connectivity index (χ3v) is 2.52. The molecule has 94 valence electrons. The molecule has 0 bridgehead atoms. The second-order valence-corrected chi connectivity index (χ2v) is 4.16. The first-order chi connectivity index (χ1) is 8.13. The Balaban J connectivity index is 2.65.